The largest absolute Gasteiger partial charge is 0.300 e. The van der Waals surface area contributed by atoms with Crippen molar-refractivity contribution >= 4 is 11.6 Å². The van der Waals surface area contributed by atoms with Crippen LogP contribution in [0.1, 0.15) is 84.0 Å². The average molecular weight is 290 g/mol. The van der Waals surface area contributed by atoms with Gasteiger partial charge in [-0.3, -0.25) is 9.59 Å². The van der Waals surface area contributed by atoms with Crippen LogP contribution in [0.4, 0.5) is 0 Å². The Labute approximate surface area is 129 Å². The molecule has 0 aromatic heterocycles. The topological polar surface area (TPSA) is 34.1 Å². The second-order valence-corrected chi connectivity index (χ2v) is 8.04. The summed E-state index contributed by atoms with van der Waals surface area (Å²) in [7, 11) is 0. The first-order valence-electron chi connectivity index (χ1n) is 9.14. The molecule has 2 nitrogen and oxygen atoms in total. The summed E-state index contributed by atoms with van der Waals surface area (Å²) in [6.07, 6.45) is 13.3. The first-order chi connectivity index (χ1) is 10.1. The molecular weight excluding hydrogens is 260 g/mol. The van der Waals surface area contributed by atoms with E-state index in [4.69, 9.17) is 0 Å². The summed E-state index contributed by atoms with van der Waals surface area (Å²) in [5.41, 5.74) is -0.00818. The Balaban J connectivity index is 1.55. The molecule has 0 radical (unpaired) electrons. The van der Waals surface area contributed by atoms with Crippen LogP contribution in [0.2, 0.25) is 0 Å². The van der Waals surface area contributed by atoms with Gasteiger partial charge in [-0.2, -0.15) is 0 Å². The highest BCUT2D eigenvalue weighted by molar-refractivity contribution is 5.85. The van der Waals surface area contributed by atoms with Gasteiger partial charge in [0.15, 0.2) is 0 Å². The Hall–Kier alpha value is -0.660. The van der Waals surface area contributed by atoms with Crippen LogP contribution in [0.25, 0.3) is 0 Å². The minimum absolute atomic E-state index is 0.00818. The van der Waals surface area contributed by atoms with Gasteiger partial charge in [0.1, 0.15) is 11.6 Å². The minimum Gasteiger partial charge on any atom is -0.300 e. The van der Waals surface area contributed by atoms with Gasteiger partial charge < -0.3 is 0 Å². The third-order valence-corrected chi connectivity index (χ3v) is 6.91. The molecule has 0 aliphatic heterocycles. The van der Waals surface area contributed by atoms with E-state index in [-0.39, 0.29) is 5.41 Å². The summed E-state index contributed by atoms with van der Waals surface area (Å²) in [5, 5.41) is 0. The SMILES string of the molecule is CC1(C2CCC(C3CCC(=O)CC3)CC2)CCCCC1=O. The van der Waals surface area contributed by atoms with E-state index in [1.54, 1.807) is 0 Å². The van der Waals surface area contributed by atoms with Crippen molar-refractivity contribution in [2.24, 2.45) is 23.2 Å². The molecular formula is C19H30O2. The Morgan fingerprint density at radius 3 is 2.05 bits per heavy atom. The van der Waals surface area contributed by atoms with Crippen LogP contribution in [0.3, 0.4) is 0 Å². The fourth-order valence-corrected chi connectivity index (χ4v) is 5.30. The van der Waals surface area contributed by atoms with E-state index >= 15 is 0 Å². The zero-order valence-electron chi connectivity index (χ0n) is 13.5. The minimum atomic E-state index is -0.00818. The number of rotatable bonds is 2. The summed E-state index contributed by atoms with van der Waals surface area (Å²) >= 11 is 0. The van der Waals surface area contributed by atoms with Crippen LogP contribution >= 0.6 is 0 Å². The number of hydrogen-bond donors (Lipinski definition) is 0. The second kappa shape index (κ2) is 6.22. The average Bonchev–Trinajstić information content (AvgIpc) is 2.51. The molecule has 0 heterocycles. The second-order valence-electron chi connectivity index (χ2n) is 8.04. The molecule has 0 aromatic rings. The molecule has 118 valence electrons. The van der Waals surface area contributed by atoms with Gasteiger partial charge in [0.05, 0.1) is 0 Å². The van der Waals surface area contributed by atoms with E-state index < -0.39 is 0 Å². The van der Waals surface area contributed by atoms with Gasteiger partial charge in [-0.25, -0.2) is 0 Å². The number of hydrogen-bond acceptors (Lipinski definition) is 2. The van der Waals surface area contributed by atoms with Crippen molar-refractivity contribution in [1.29, 1.82) is 0 Å². The molecule has 1 unspecified atom stereocenters. The van der Waals surface area contributed by atoms with E-state index in [1.807, 2.05) is 0 Å². The molecule has 3 fully saturated rings. The predicted molar refractivity (Wildman–Crippen MR) is 84.0 cm³/mol. The van der Waals surface area contributed by atoms with Crippen LogP contribution in [-0.2, 0) is 9.59 Å². The van der Waals surface area contributed by atoms with E-state index in [9.17, 15) is 9.59 Å². The number of ketones is 2. The van der Waals surface area contributed by atoms with Crippen LogP contribution in [0, 0.1) is 23.2 Å². The number of Topliss-reactive ketones (excluding diaryl/α,β-unsaturated/α-hetero) is 2. The Kier molecular flexibility index (Phi) is 4.51. The summed E-state index contributed by atoms with van der Waals surface area (Å²) in [6, 6.07) is 0. The van der Waals surface area contributed by atoms with Gasteiger partial charge in [0.25, 0.3) is 0 Å². The summed E-state index contributed by atoms with van der Waals surface area (Å²) in [6.45, 7) is 2.25. The van der Waals surface area contributed by atoms with Gasteiger partial charge in [0.2, 0.25) is 0 Å². The van der Waals surface area contributed by atoms with Crippen molar-refractivity contribution in [2.45, 2.75) is 84.0 Å². The molecule has 1 atom stereocenters. The van der Waals surface area contributed by atoms with E-state index in [1.165, 1.54) is 32.1 Å². The van der Waals surface area contributed by atoms with Crippen LogP contribution < -0.4 is 0 Å². The maximum Gasteiger partial charge on any atom is 0.139 e. The first kappa shape index (κ1) is 15.2. The number of carbonyl (C=O) groups excluding carboxylic acids is 2. The van der Waals surface area contributed by atoms with E-state index in [2.05, 4.69) is 6.92 Å². The molecule has 3 rings (SSSR count). The van der Waals surface area contributed by atoms with Crippen molar-refractivity contribution in [1.82, 2.24) is 0 Å². The molecule has 2 heteroatoms. The highest BCUT2D eigenvalue weighted by atomic mass is 16.1. The zero-order chi connectivity index (χ0) is 14.9. The van der Waals surface area contributed by atoms with Crippen molar-refractivity contribution in [3.8, 4) is 0 Å². The summed E-state index contributed by atoms with van der Waals surface area (Å²) in [5.74, 6) is 3.27. The number of carbonyl (C=O) groups is 2. The van der Waals surface area contributed by atoms with E-state index in [0.717, 1.165) is 56.8 Å². The molecule has 0 N–H and O–H groups in total. The lowest BCUT2D eigenvalue weighted by atomic mass is 9.59. The van der Waals surface area contributed by atoms with Crippen molar-refractivity contribution in [3.63, 3.8) is 0 Å². The Bertz CT molecular complexity index is 396. The van der Waals surface area contributed by atoms with E-state index in [0.29, 0.717) is 17.5 Å². The lowest BCUT2D eigenvalue weighted by molar-refractivity contribution is -0.135. The Morgan fingerprint density at radius 1 is 0.810 bits per heavy atom. The third kappa shape index (κ3) is 3.10. The maximum atomic E-state index is 12.4. The van der Waals surface area contributed by atoms with Crippen LogP contribution in [0.5, 0.6) is 0 Å². The summed E-state index contributed by atoms with van der Waals surface area (Å²) < 4.78 is 0. The van der Waals surface area contributed by atoms with Crippen LogP contribution in [-0.4, -0.2) is 11.6 Å². The van der Waals surface area contributed by atoms with Gasteiger partial charge in [-0.05, 0) is 69.1 Å². The van der Waals surface area contributed by atoms with Crippen molar-refractivity contribution < 1.29 is 9.59 Å². The zero-order valence-corrected chi connectivity index (χ0v) is 13.5. The first-order valence-corrected chi connectivity index (χ1v) is 9.14. The van der Waals surface area contributed by atoms with Crippen molar-refractivity contribution in [2.75, 3.05) is 0 Å². The fourth-order valence-electron chi connectivity index (χ4n) is 5.30. The molecule has 3 aliphatic rings. The lowest BCUT2D eigenvalue weighted by Gasteiger charge is -2.44. The standard InChI is InChI=1S/C19H30O2/c1-19(13-3-2-4-18(19)21)16-9-5-14(6-10-16)15-7-11-17(20)12-8-15/h14-16H,2-13H2,1H3. The maximum absolute atomic E-state index is 12.4. The molecule has 0 bridgehead atoms. The van der Waals surface area contributed by atoms with Gasteiger partial charge in [0, 0.05) is 24.7 Å². The van der Waals surface area contributed by atoms with Gasteiger partial charge in [-0.1, -0.05) is 13.3 Å². The molecule has 21 heavy (non-hydrogen) atoms. The lowest BCUT2D eigenvalue weighted by Crippen LogP contribution is -2.40. The van der Waals surface area contributed by atoms with Gasteiger partial charge in [-0.15, -0.1) is 0 Å². The molecule has 3 saturated carbocycles. The van der Waals surface area contributed by atoms with Gasteiger partial charge >= 0.3 is 0 Å². The third-order valence-electron chi connectivity index (χ3n) is 6.91. The molecule has 3 aliphatic carbocycles. The quantitative estimate of drug-likeness (QED) is 0.738. The smallest absolute Gasteiger partial charge is 0.139 e. The normalized spacial score (nSPS) is 39.5. The van der Waals surface area contributed by atoms with Crippen LogP contribution in [0.15, 0.2) is 0 Å². The molecule has 0 spiro atoms. The molecule has 0 amide bonds. The molecule has 0 aromatic carbocycles. The monoisotopic (exact) mass is 290 g/mol. The molecule has 0 saturated heterocycles. The summed E-state index contributed by atoms with van der Waals surface area (Å²) in [4.78, 5) is 23.8. The fraction of sp³-hybridized carbons (Fsp3) is 0.895. The highest BCUT2D eigenvalue weighted by Gasteiger charge is 2.44. The Morgan fingerprint density at radius 2 is 1.43 bits per heavy atom. The highest BCUT2D eigenvalue weighted by Crippen LogP contribution is 2.49. The predicted octanol–water partition coefficient (Wildman–Crippen LogP) is 4.70. The van der Waals surface area contributed by atoms with Crippen molar-refractivity contribution in [3.05, 3.63) is 0 Å².